The number of benzene rings is 2. The van der Waals surface area contributed by atoms with Crippen molar-refractivity contribution in [3.63, 3.8) is 0 Å². The molecule has 0 aliphatic rings. The molecular formula is C22H25N5O2. The van der Waals surface area contributed by atoms with Gasteiger partial charge in [-0.25, -0.2) is 9.97 Å². The summed E-state index contributed by atoms with van der Waals surface area (Å²) in [7, 11) is 0. The summed E-state index contributed by atoms with van der Waals surface area (Å²) in [4.78, 5) is 32.7. The number of anilines is 1. The number of nitrogens with two attached hydrogens (primary N) is 2. The quantitative estimate of drug-likeness (QED) is 0.543. The number of aromatic nitrogens is 2. The van der Waals surface area contributed by atoms with Gasteiger partial charge in [0.1, 0.15) is 12.1 Å². The molecule has 3 rings (SSSR count). The fraction of sp³-hybridized carbons (Fsp3) is 0.273. The smallest absolute Gasteiger partial charge is 0.223 e. The van der Waals surface area contributed by atoms with E-state index < -0.39 is 17.7 Å². The summed E-state index contributed by atoms with van der Waals surface area (Å²) in [6.07, 6.45) is 2.63. The molecule has 5 N–H and O–H groups in total. The molecule has 0 saturated carbocycles. The van der Waals surface area contributed by atoms with E-state index in [1.165, 1.54) is 6.33 Å². The lowest BCUT2D eigenvalue weighted by atomic mass is 9.87. The summed E-state index contributed by atoms with van der Waals surface area (Å²) >= 11 is 0. The monoisotopic (exact) mass is 391 g/mol. The van der Waals surface area contributed by atoms with Gasteiger partial charge in [0.2, 0.25) is 11.8 Å². The molecule has 2 aromatic carbocycles. The summed E-state index contributed by atoms with van der Waals surface area (Å²) in [6, 6.07) is 15.4. The van der Waals surface area contributed by atoms with E-state index in [9.17, 15) is 9.59 Å². The Labute approximate surface area is 169 Å². The number of aryl methyl sites for hydroxylation is 1. The Balaban J connectivity index is 1.61. The van der Waals surface area contributed by atoms with Gasteiger partial charge in [0.25, 0.3) is 0 Å². The molecule has 0 spiro atoms. The second-order valence-corrected chi connectivity index (χ2v) is 7.15. The molecule has 1 heterocycles. The molecule has 2 amide bonds. The molecule has 29 heavy (non-hydrogen) atoms. The first kappa shape index (κ1) is 20.3. The molecular weight excluding hydrogens is 366 g/mol. The number of nitrogens with one attached hydrogen (secondary N) is 1. The number of fused-ring (bicyclic) bond motifs is 1. The Morgan fingerprint density at radius 3 is 2.55 bits per heavy atom. The van der Waals surface area contributed by atoms with Crippen LogP contribution in [0.1, 0.15) is 24.5 Å². The number of rotatable bonds is 8. The van der Waals surface area contributed by atoms with Crippen molar-refractivity contribution < 1.29 is 9.59 Å². The molecule has 150 valence electrons. The highest BCUT2D eigenvalue weighted by atomic mass is 16.2. The minimum Gasteiger partial charge on any atom is -0.383 e. The van der Waals surface area contributed by atoms with Crippen LogP contribution in [0, 0.1) is 11.8 Å². The Bertz CT molecular complexity index is 1010. The van der Waals surface area contributed by atoms with Crippen LogP contribution in [0.5, 0.6) is 0 Å². The predicted octanol–water partition coefficient (Wildman–Crippen LogP) is 2.20. The Hall–Kier alpha value is -3.48. The van der Waals surface area contributed by atoms with Gasteiger partial charge in [-0.05, 0) is 36.1 Å². The van der Waals surface area contributed by atoms with E-state index in [-0.39, 0.29) is 5.91 Å². The molecule has 1 unspecified atom stereocenters. The molecule has 3 aromatic rings. The third kappa shape index (κ3) is 5.07. The van der Waals surface area contributed by atoms with Gasteiger partial charge in [-0.3, -0.25) is 9.59 Å². The van der Waals surface area contributed by atoms with E-state index in [2.05, 4.69) is 15.3 Å². The van der Waals surface area contributed by atoms with Gasteiger partial charge in [0.15, 0.2) is 0 Å². The van der Waals surface area contributed by atoms with Crippen LogP contribution in [-0.2, 0) is 22.6 Å². The Morgan fingerprint density at radius 2 is 1.83 bits per heavy atom. The fourth-order valence-electron chi connectivity index (χ4n) is 3.37. The van der Waals surface area contributed by atoms with Crippen molar-refractivity contribution in [2.75, 3.05) is 5.73 Å². The maximum absolute atomic E-state index is 12.6. The molecule has 0 saturated heterocycles. The zero-order valence-electron chi connectivity index (χ0n) is 16.3. The Kier molecular flexibility index (Phi) is 6.39. The largest absolute Gasteiger partial charge is 0.383 e. The van der Waals surface area contributed by atoms with Crippen molar-refractivity contribution in [1.29, 1.82) is 0 Å². The lowest BCUT2D eigenvalue weighted by molar-refractivity contribution is -0.133. The maximum Gasteiger partial charge on any atom is 0.223 e. The zero-order chi connectivity index (χ0) is 20.8. The van der Waals surface area contributed by atoms with Gasteiger partial charge < -0.3 is 16.8 Å². The third-order valence-corrected chi connectivity index (χ3v) is 5.17. The summed E-state index contributed by atoms with van der Waals surface area (Å²) in [5, 5.41) is 3.66. The second kappa shape index (κ2) is 9.14. The number of carbonyl (C=O) groups excluding carboxylic acids is 2. The number of carbonyl (C=O) groups is 2. The van der Waals surface area contributed by atoms with Crippen molar-refractivity contribution >= 4 is 28.5 Å². The lowest BCUT2D eigenvalue weighted by Crippen LogP contribution is -2.39. The van der Waals surface area contributed by atoms with Crippen LogP contribution in [0.25, 0.3) is 10.9 Å². The molecule has 7 nitrogen and oxygen atoms in total. The summed E-state index contributed by atoms with van der Waals surface area (Å²) < 4.78 is 0. The van der Waals surface area contributed by atoms with Crippen LogP contribution in [0.15, 0.2) is 54.9 Å². The van der Waals surface area contributed by atoms with Crippen LogP contribution >= 0.6 is 0 Å². The minimum atomic E-state index is -0.528. The number of amides is 2. The average molecular weight is 391 g/mol. The first-order valence-corrected chi connectivity index (χ1v) is 9.55. The van der Waals surface area contributed by atoms with Gasteiger partial charge in [-0.1, -0.05) is 43.3 Å². The van der Waals surface area contributed by atoms with Gasteiger partial charge in [0.05, 0.1) is 5.52 Å². The van der Waals surface area contributed by atoms with Crippen LogP contribution in [0.2, 0.25) is 0 Å². The highest BCUT2D eigenvalue weighted by molar-refractivity contribution is 5.88. The average Bonchev–Trinajstić information content (AvgIpc) is 2.72. The van der Waals surface area contributed by atoms with Gasteiger partial charge in [-0.2, -0.15) is 0 Å². The molecule has 0 bridgehead atoms. The first-order valence-electron chi connectivity index (χ1n) is 9.55. The van der Waals surface area contributed by atoms with E-state index in [1.807, 2.05) is 48.5 Å². The van der Waals surface area contributed by atoms with Crippen molar-refractivity contribution in [2.45, 2.75) is 26.3 Å². The number of hydrogen-bond acceptors (Lipinski definition) is 5. The second-order valence-electron chi connectivity index (χ2n) is 7.15. The summed E-state index contributed by atoms with van der Waals surface area (Å²) in [5.41, 5.74) is 14.1. The molecule has 0 aliphatic carbocycles. The van der Waals surface area contributed by atoms with E-state index in [0.717, 1.165) is 22.0 Å². The highest BCUT2D eigenvalue weighted by Gasteiger charge is 2.28. The fourth-order valence-corrected chi connectivity index (χ4v) is 3.37. The van der Waals surface area contributed by atoms with Crippen molar-refractivity contribution in [1.82, 2.24) is 15.3 Å². The molecule has 1 aromatic heterocycles. The van der Waals surface area contributed by atoms with E-state index in [1.54, 1.807) is 6.92 Å². The minimum absolute atomic E-state index is 0.204. The molecule has 0 aliphatic heterocycles. The molecule has 2 atom stereocenters. The standard InChI is InChI=1S/C22H25N5O2/c1-14(17(21(24)28)9-7-15-5-3-2-4-6-15)22(29)25-12-16-8-10-18-19(11-16)26-13-27-20(18)23/h2-6,8,10-11,13-14,17H,7,9,12H2,1H3,(H2,24,28)(H,25,29)(H2,23,26,27)/t14-,17?/m0/s1. The normalized spacial score (nSPS) is 13.0. The number of nitrogens with zero attached hydrogens (tertiary/aromatic N) is 2. The maximum atomic E-state index is 12.6. The van der Waals surface area contributed by atoms with Crippen LogP contribution in [-0.4, -0.2) is 21.8 Å². The number of nitrogen functional groups attached to an aromatic ring is 1. The molecule has 0 radical (unpaired) electrons. The predicted molar refractivity (Wildman–Crippen MR) is 112 cm³/mol. The van der Waals surface area contributed by atoms with Gasteiger partial charge in [0, 0.05) is 23.8 Å². The van der Waals surface area contributed by atoms with Crippen molar-refractivity contribution in [2.24, 2.45) is 17.6 Å². The van der Waals surface area contributed by atoms with E-state index >= 15 is 0 Å². The number of primary amides is 1. The number of hydrogen-bond donors (Lipinski definition) is 3. The molecule has 0 fully saturated rings. The van der Waals surface area contributed by atoms with Gasteiger partial charge >= 0.3 is 0 Å². The third-order valence-electron chi connectivity index (χ3n) is 5.17. The van der Waals surface area contributed by atoms with Crippen LogP contribution in [0.3, 0.4) is 0 Å². The molecule has 7 heteroatoms. The first-order chi connectivity index (χ1) is 14.0. The lowest BCUT2D eigenvalue weighted by Gasteiger charge is -2.20. The topological polar surface area (TPSA) is 124 Å². The van der Waals surface area contributed by atoms with E-state index in [0.29, 0.717) is 25.2 Å². The van der Waals surface area contributed by atoms with Crippen molar-refractivity contribution in [3.8, 4) is 0 Å². The highest BCUT2D eigenvalue weighted by Crippen LogP contribution is 2.20. The van der Waals surface area contributed by atoms with E-state index in [4.69, 9.17) is 11.5 Å². The van der Waals surface area contributed by atoms with Crippen molar-refractivity contribution in [3.05, 3.63) is 66.0 Å². The summed E-state index contributed by atoms with van der Waals surface area (Å²) in [6.45, 7) is 2.07. The van der Waals surface area contributed by atoms with Crippen LogP contribution in [0.4, 0.5) is 5.82 Å². The van der Waals surface area contributed by atoms with Crippen LogP contribution < -0.4 is 16.8 Å². The van der Waals surface area contributed by atoms with Gasteiger partial charge in [-0.15, -0.1) is 0 Å². The SMILES string of the molecule is C[C@H](C(=O)NCc1ccc2c(N)ncnc2c1)C(CCc1ccccc1)C(N)=O. The zero-order valence-corrected chi connectivity index (χ0v) is 16.3. The summed E-state index contributed by atoms with van der Waals surface area (Å²) in [5.74, 6) is -1.29. The Morgan fingerprint density at radius 1 is 1.07 bits per heavy atom.